The molecule has 6 nitrogen and oxygen atoms in total. The van der Waals surface area contributed by atoms with Crippen molar-refractivity contribution in [2.24, 2.45) is 10.7 Å². The predicted octanol–water partition coefficient (Wildman–Crippen LogP) is 0.193. The van der Waals surface area contributed by atoms with E-state index in [2.05, 4.69) is 10.3 Å². The standard InChI is InChI=1S/C14H20N4O2/c1-16-13(19)12-4-2-11(3-5-12)10-17-14(15)18-6-8-20-9-7-18/h2-5H,6-10H2,1H3,(H2,15,17)(H,16,19). The third kappa shape index (κ3) is 3.71. The Morgan fingerprint density at radius 2 is 2.00 bits per heavy atom. The first-order chi connectivity index (χ1) is 9.70. The summed E-state index contributed by atoms with van der Waals surface area (Å²) in [6, 6.07) is 7.35. The number of aliphatic imine (C=N–C) groups is 1. The second-order valence-electron chi connectivity index (χ2n) is 4.55. The molecule has 0 bridgehead atoms. The molecule has 0 radical (unpaired) electrons. The molecule has 1 fully saturated rings. The van der Waals surface area contributed by atoms with Crippen LogP contribution in [0.5, 0.6) is 0 Å². The average Bonchev–Trinajstić information content (AvgIpc) is 2.53. The third-order valence-corrected chi connectivity index (χ3v) is 3.20. The van der Waals surface area contributed by atoms with Crippen LogP contribution in [0, 0.1) is 0 Å². The van der Waals surface area contributed by atoms with Crippen molar-refractivity contribution in [1.82, 2.24) is 10.2 Å². The molecule has 1 saturated heterocycles. The molecular weight excluding hydrogens is 256 g/mol. The lowest BCUT2D eigenvalue weighted by molar-refractivity contribution is 0.0674. The summed E-state index contributed by atoms with van der Waals surface area (Å²) in [4.78, 5) is 17.8. The van der Waals surface area contributed by atoms with Crippen LogP contribution < -0.4 is 11.1 Å². The smallest absolute Gasteiger partial charge is 0.251 e. The Morgan fingerprint density at radius 1 is 1.35 bits per heavy atom. The summed E-state index contributed by atoms with van der Waals surface area (Å²) in [5, 5.41) is 2.59. The van der Waals surface area contributed by atoms with Crippen molar-refractivity contribution in [1.29, 1.82) is 0 Å². The highest BCUT2D eigenvalue weighted by Gasteiger charge is 2.11. The maximum absolute atomic E-state index is 11.4. The van der Waals surface area contributed by atoms with Crippen LogP contribution in [0.2, 0.25) is 0 Å². The van der Waals surface area contributed by atoms with E-state index in [-0.39, 0.29) is 5.91 Å². The maximum atomic E-state index is 11.4. The van der Waals surface area contributed by atoms with Gasteiger partial charge >= 0.3 is 0 Å². The molecular formula is C14H20N4O2. The van der Waals surface area contributed by atoms with Gasteiger partial charge < -0.3 is 20.7 Å². The van der Waals surface area contributed by atoms with Gasteiger partial charge in [-0.3, -0.25) is 4.79 Å². The lowest BCUT2D eigenvalue weighted by Gasteiger charge is -2.27. The normalized spacial score (nSPS) is 16.1. The van der Waals surface area contributed by atoms with Gasteiger partial charge in [0, 0.05) is 25.7 Å². The molecule has 1 amide bonds. The van der Waals surface area contributed by atoms with Gasteiger partial charge in [0.05, 0.1) is 19.8 Å². The van der Waals surface area contributed by atoms with E-state index in [1.165, 1.54) is 0 Å². The molecule has 20 heavy (non-hydrogen) atoms. The van der Waals surface area contributed by atoms with Crippen LogP contribution in [-0.4, -0.2) is 50.1 Å². The van der Waals surface area contributed by atoms with Crippen molar-refractivity contribution < 1.29 is 9.53 Å². The molecule has 108 valence electrons. The van der Waals surface area contributed by atoms with Gasteiger partial charge in [-0.05, 0) is 17.7 Å². The number of rotatable bonds is 3. The number of amides is 1. The largest absolute Gasteiger partial charge is 0.378 e. The van der Waals surface area contributed by atoms with Crippen LogP contribution in [0.4, 0.5) is 0 Å². The van der Waals surface area contributed by atoms with Crippen molar-refractivity contribution in [2.45, 2.75) is 6.54 Å². The number of carbonyl (C=O) groups excluding carboxylic acids is 1. The van der Waals surface area contributed by atoms with Crippen molar-refractivity contribution in [2.75, 3.05) is 33.4 Å². The zero-order valence-corrected chi connectivity index (χ0v) is 11.6. The zero-order valence-electron chi connectivity index (χ0n) is 11.6. The number of nitrogens with two attached hydrogens (primary N) is 1. The Morgan fingerprint density at radius 3 is 2.60 bits per heavy atom. The fraction of sp³-hybridized carbons (Fsp3) is 0.429. The van der Waals surface area contributed by atoms with Crippen molar-refractivity contribution >= 4 is 11.9 Å². The molecule has 2 rings (SSSR count). The molecule has 0 aliphatic carbocycles. The van der Waals surface area contributed by atoms with Crippen LogP contribution in [-0.2, 0) is 11.3 Å². The molecule has 0 saturated carbocycles. The van der Waals surface area contributed by atoms with Gasteiger partial charge in [-0.15, -0.1) is 0 Å². The topological polar surface area (TPSA) is 80.0 Å². The van der Waals surface area contributed by atoms with Gasteiger partial charge in [0.2, 0.25) is 0 Å². The van der Waals surface area contributed by atoms with Crippen LogP contribution in [0.1, 0.15) is 15.9 Å². The number of nitrogens with one attached hydrogen (secondary N) is 1. The minimum atomic E-state index is -0.0899. The van der Waals surface area contributed by atoms with Crippen LogP contribution in [0.3, 0.4) is 0 Å². The fourth-order valence-electron chi connectivity index (χ4n) is 1.97. The van der Waals surface area contributed by atoms with E-state index in [9.17, 15) is 4.79 Å². The van der Waals surface area contributed by atoms with Crippen LogP contribution in [0.15, 0.2) is 29.3 Å². The summed E-state index contributed by atoms with van der Waals surface area (Å²) in [5.41, 5.74) is 7.61. The average molecular weight is 276 g/mol. The van der Waals surface area contributed by atoms with E-state index >= 15 is 0 Å². The van der Waals surface area contributed by atoms with Crippen molar-refractivity contribution in [3.63, 3.8) is 0 Å². The Kier molecular flexibility index (Phi) is 4.95. The Hall–Kier alpha value is -2.08. The second-order valence-corrected chi connectivity index (χ2v) is 4.55. The highest BCUT2D eigenvalue weighted by atomic mass is 16.5. The highest BCUT2D eigenvalue weighted by Crippen LogP contribution is 2.06. The summed E-state index contributed by atoms with van der Waals surface area (Å²) in [6.07, 6.45) is 0. The van der Waals surface area contributed by atoms with E-state index in [0.29, 0.717) is 31.3 Å². The number of ether oxygens (including phenoxy) is 1. The first-order valence-electron chi connectivity index (χ1n) is 6.64. The van der Waals surface area contributed by atoms with Gasteiger partial charge in [0.25, 0.3) is 5.91 Å². The molecule has 0 unspecified atom stereocenters. The summed E-state index contributed by atoms with van der Waals surface area (Å²) in [6.45, 7) is 3.46. The summed E-state index contributed by atoms with van der Waals surface area (Å²) in [5.74, 6) is 0.455. The monoisotopic (exact) mass is 276 g/mol. The fourth-order valence-corrected chi connectivity index (χ4v) is 1.97. The molecule has 1 aromatic carbocycles. The Bertz CT molecular complexity index is 478. The number of hydrogen-bond donors (Lipinski definition) is 2. The van der Waals surface area contributed by atoms with E-state index in [4.69, 9.17) is 10.5 Å². The summed E-state index contributed by atoms with van der Waals surface area (Å²) >= 11 is 0. The van der Waals surface area contributed by atoms with Gasteiger partial charge in [0.15, 0.2) is 5.96 Å². The molecule has 1 heterocycles. The molecule has 1 aromatic rings. The number of hydrogen-bond acceptors (Lipinski definition) is 3. The van der Waals surface area contributed by atoms with Crippen LogP contribution in [0.25, 0.3) is 0 Å². The zero-order chi connectivity index (χ0) is 14.4. The third-order valence-electron chi connectivity index (χ3n) is 3.20. The van der Waals surface area contributed by atoms with E-state index in [1.54, 1.807) is 19.2 Å². The number of morpholine rings is 1. The number of benzene rings is 1. The SMILES string of the molecule is CNC(=O)c1ccc(CN=C(N)N2CCOCC2)cc1. The lowest BCUT2D eigenvalue weighted by atomic mass is 10.1. The Labute approximate surface area is 118 Å². The lowest BCUT2D eigenvalue weighted by Crippen LogP contribution is -2.44. The highest BCUT2D eigenvalue weighted by molar-refractivity contribution is 5.93. The first kappa shape index (κ1) is 14.3. The molecule has 1 aliphatic rings. The minimum absolute atomic E-state index is 0.0899. The van der Waals surface area contributed by atoms with Gasteiger partial charge in [-0.2, -0.15) is 0 Å². The van der Waals surface area contributed by atoms with E-state index < -0.39 is 0 Å². The second kappa shape index (κ2) is 6.91. The van der Waals surface area contributed by atoms with Crippen molar-refractivity contribution in [3.05, 3.63) is 35.4 Å². The summed E-state index contributed by atoms with van der Waals surface area (Å²) in [7, 11) is 1.61. The molecule has 0 aromatic heterocycles. The van der Waals surface area contributed by atoms with Crippen LogP contribution >= 0.6 is 0 Å². The predicted molar refractivity (Wildman–Crippen MR) is 77.6 cm³/mol. The summed E-state index contributed by atoms with van der Waals surface area (Å²) < 4.78 is 5.27. The Balaban J connectivity index is 1.94. The number of carbonyl (C=O) groups is 1. The molecule has 3 N–H and O–H groups in total. The number of nitrogens with zero attached hydrogens (tertiary/aromatic N) is 2. The molecule has 1 aliphatic heterocycles. The minimum Gasteiger partial charge on any atom is -0.378 e. The quantitative estimate of drug-likeness (QED) is 0.610. The molecule has 0 atom stereocenters. The van der Waals surface area contributed by atoms with Gasteiger partial charge in [-0.25, -0.2) is 4.99 Å². The van der Waals surface area contributed by atoms with Gasteiger partial charge in [-0.1, -0.05) is 12.1 Å². The molecule has 6 heteroatoms. The maximum Gasteiger partial charge on any atom is 0.251 e. The number of guanidine groups is 1. The van der Waals surface area contributed by atoms with E-state index in [1.807, 2.05) is 17.0 Å². The first-order valence-corrected chi connectivity index (χ1v) is 6.64. The molecule has 0 spiro atoms. The van der Waals surface area contributed by atoms with E-state index in [0.717, 1.165) is 18.7 Å². The van der Waals surface area contributed by atoms with Crippen molar-refractivity contribution in [3.8, 4) is 0 Å². The van der Waals surface area contributed by atoms with Gasteiger partial charge in [0.1, 0.15) is 0 Å².